The number of rotatable bonds is 2. The van der Waals surface area contributed by atoms with Crippen LogP contribution in [0.2, 0.25) is 0 Å². The fourth-order valence-electron chi connectivity index (χ4n) is 2.06. The SMILES string of the molecule is CCc1nc2c(NC(=O)C(Cl)(Cl)Cl)nc3ccccc3c2o1. The Bertz CT molecular complexity index is 871. The van der Waals surface area contributed by atoms with Gasteiger partial charge in [-0.05, 0) is 12.1 Å². The number of carbonyl (C=O) groups excluding carboxylic acids is 1. The first-order valence-corrected chi connectivity index (χ1v) is 7.60. The van der Waals surface area contributed by atoms with Crippen molar-refractivity contribution >= 4 is 68.5 Å². The summed E-state index contributed by atoms with van der Waals surface area (Å²) in [6, 6.07) is 7.37. The number of oxazole rings is 1. The highest BCUT2D eigenvalue weighted by molar-refractivity contribution is 6.76. The number of aryl methyl sites for hydroxylation is 1. The lowest BCUT2D eigenvalue weighted by Crippen LogP contribution is -2.27. The highest BCUT2D eigenvalue weighted by Gasteiger charge is 2.32. The second-order valence-electron chi connectivity index (χ2n) is 4.57. The van der Waals surface area contributed by atoms with Gasteiger partial charge in [-0.15, -0.1) is 0 Å². The number of para-hydroxylation sites is 1. The highest BCUT2D eigenvalue weighted by atomic mass is 35.6. The number of amides is 1. The van der Waals surface area contributed by atoms with E-state index in [1.807, 2.05) is 25.1 Å². The molecule has 0 aliphatic heterocycles. The van der Waals surface area contributed by atoms with Crippen LogP contribution in [0.1, 0.15) is 12.8 Å². The van der Waals surface area contributed by atoms with Gasteiger partial charge in [0.25, 0.3) is 9.70 Å². The summed E-state index contributed by atoms with van der Waals surface area (Å²) >= 11 is 16.7. The molecule has 114 valence electrons. The van der Waals surface area contributed by atoms with Gasteiger partial charge in [0.05, 0.1) is 5.52 Å². The number of aromatic nitrogens is 2. The van der Waals surface area contributed by atoms with Crippen LogP contribution in [-0.4, -0.2) is 19.7 Å². The van der Waals surface area contributed by atoms with Crippen molar-refractivity contribution in [1.29, 1.82) is 0 Å². The average molecular weight is 359 g/mol. The minimum absolute atomic E-state index is 0.202. The number of fused-ring (bicyclic) bond motifs is 3. The molecule has 0 atom stereocenters. The molecule has 0 fully saturated rings. The number of halogens is 3. The molecule has 8 heteroatoms. The number of carbonyl (C=O) groups is 1. The van der Waals surface area contributed by atoms with Crippen LogP contribution in [0.5, 0.6) is 0 Å². The van der Waals surface area contributed by atoms with Crippen molar-refractivity contribution in [2.45, 2.75) is 17.1 Å². The first-order valence-electron chi connectivity index (χ1n) is 6.46. The number of nitrogens with zero attached hydrogens (tertiary/aromatic N) is 2. The lowest BCUT2D eigenvalue weighted by Gasteiger charge is -2.11. The van der Waals surface area contributed by atoms with Gasteiger partial charge in [-0.3, -0.25) is 4.79 Å². The summed E-state index contributed by atoms with van der Waals surface area (Å²) in [7, 11) is 0. The van der Waals surface area contributed by atoms with Crippen molar-refractivity contribution in [1.82, 2.24) is 9.97 Å². The molecule has 3 aromatic rings. The molecule has 1 N–H and O–H groups in total. The maximum Gasteiger partial charge on any atom is 0.277 e. The number of benzene rings is 1. The van der Waals surface area contributed by atoms with E-state index in [0.717, 1.165) is 5.39 Å². The number of pyridine rings is 1. The number of nitrogens with one attached hydrogen (secondary N) is 1. The zero-order valence-electron chi connectivity index (χ0n) is 11.4. The van der Waals surface area contributed by atoms with Crippen molar-refractivity contribution < 1.29 is 9.21 Å². The molecular formula is C14H10Cl3N3O2. The van der Waals surface area contributed by atoms with Crippen molar-refractivity contribution in [3.63, 3.8) is 0 Å². The van der Waals surface area contributed by atoms with Crippen LogP contribution in [0, 0.1) is 0 Å². The predicted molar refractivity (Wildman–Crippen MR) is 87.6 cm³/mol. The van der Waals surface area contributed by atoms with Gasteiger partial charge in [0.1, 0.15) is 0 Å². The molecule has 22 heavy (non-hydrogen) atoms. The van der Waals surface area contributed by atoms with E-state index in [0.29, 0.717) is 28.9 Å². The van der Waals surface area contributed by atoms with Gasteiger partial charge >= 0.3 is 0 Å². The normalized spacial score (nSPS) is 12.0. The Morgan fingerprint density at radius 2 is 2.00 bits per heavy atom. The van der Waals surface area contributed by atoms with Crippen molar-refractivity contribution in [3.8, 4) is 0 Å². The van der Waals surface area contributed by atoms with Gasteiger partial charge in [0, 0.05) is 11.8 Å². The molecule has 0 radical (unpaired) electrons. The first-order chi connectivity index (χ1) is 10.4. The van der Waals surface area contributed by atoms with Gasteiger partial charge in [-0.1, -0.05) is 53.9 Å². The van der Waals surface area contributed by atoms with Crippen molar-refractivity contribution in [2.24, 2.45) is 0 Å². The third-order valence-corrected chi connectivity index (χ3v) is 3.58. The number of hydrogen-bond acceptors (Lipinski definition) is 4. The number of alkyl halides is 3. The summed E-state index contributed by atoms with van der Waals surface area (Å²) in [4.78, 5) is 20.6. The molecule has 3 rings (SSSR count). The zero-order chi connectivity index (χ0) is 15.9. The minimum Gasteiger partial charge on any atom is -0.440 e. The molecule has 2 heterocycles. The van der Waals surface area contributed by atoms with Crippen LogP contribution in [0.3, 0.4) is 0 Å². The average Bonchev–Trinajstić information content (AvgIpc) is 2.91. The summed E-state index contributed by atoms with van der Waals surface area (Å²) in [5.41, 5.74) is 1.62. The van der Waals surface area contributed by atoms with E-state index in [9.17, 15) is 4.79 Å². The van der Waals surface area contributed by atoms with E-state index in [1.165, 1.54) is 0 Å². The Balaban J connectivity index is 2.23. The Kier molecular flexibility index (Phi) is 3.89. The highest BCUT2D eigenvalue weighted by Crippen LogP contribution is 2.32. The molecule has 1 aromatic carbocycles. The lowest BCUT2D eigenvalue weighted by molar-refractivity contribution is -0.115. The molecule has 5 nitrogen and oxygen atoms in total. The van der Waals surface area contributed by atoms with Crippen molar-refractivity contribution in [3.05, 3.63) is 30.2 Å². The molecule has 2 aromatic heterocycles. The molecule has 0 saturated heterocycles. The molecule has 0 unspecified atom stereocenters. The molecule has 0 saturated carbocycles. The Morgan fingerprint density at radius 1 is 1.27 bits per heavy atom. The van der Waals surface area contributed by atoms with Gasteiger partial charge in [0.15, 0.2) is 22.8 Å². The summed E-state index contributed by atoms with van der Waals surface area (Å²) in [6.45, 7) is 1.92. The van der Waals surface area contributed by atoms with E-state index >= 15 is 0 Å². The molecule has 0 bridgehead atoms. The fraction of sp³-hybridized carbons (Fsp3) is 0.214. The van der Waals surface area contributed by atoms with Crippen LogP contribution in [0.15, 0.2) is 28.7 Å². The largest absolute Gasteiger partial charge is 0.440 e. The standard InChI is InChI=1S/C14H10Cl3N3O2/c1-2-9-19-10-11(22-9)7-5-3-4-6-8(7)18-12(10)20-13(21)14(15,16)17/h3-6H,2H2,1H3,(H,18,20,21). The molecular weight excluding hydrogens is 349 g/mol. The van der Waals surface area contributed by atoms with E-state index in [-0.39, 0.29) is 5.82 Å². The first kappa shape index (κ1) is 15.3. The number of anilines is 1. The third kappa shape index (κ3) is 2.72. The van der Waals surface area contributed by atoms with Gasteiger partial charge in [-0.25, -0.2) is 9.97 Å². The molecule has 1 amide bonds. The number of hydrogen-bond donors (Lipinski definition) is 1. The van der Waals surface area contributed by atoms with E-state index in [2.05, 4.69) is 15.3 Å². The topological polar surface area (TPSA) is 68.0 Å². The Morgan fingerprint density at radius 3 is 2.68 bits per heavy atom. The predicted octanol–water partition coefficient (Wildman–Crippen LogP) is 4.25. The van der Waals surface area contributed by atoms with Gasteiger partial charge in [-0.2, -0.15) is 0 Å². The summed E-state index contributed by atoms with van der Waals surface area (Å²) in [5.74, 6) is -0.0614. The quantitative estimate of drug-likeness (QED) is 0.695. The van der Waals surface area contributed by atoms with E-state index in [4.69, 9.17) is 39.2 Å². The second kappa shape index (κ2) is 5.57. The third-order valence-electron chi connectivity index (χ3n) is 3.07. The van der Waals surface area contributed by atoms with E-state index in [1.54, 1.807) is 6.07 Å². The monoisotopic (exact) mass is 357 g/mol. The van der Waals surface area contributed by atoms with Crippen LogP contribution in [0.25, 0.3) is 22.0 Å². The molecule has 0 aliphatic rings. The second-order valence-corrected chi connectivity index (χ2v) is 6.85. The van der Waals surface area contributed by atoms with Gasteiger partial charge in [0.2, 0.25) is 0 Å². The lowest BCUT2D eigenvalue weighted by atomic mass is 10.2. The van der Waals surface area contributed by atoms with Gasteiger partial charge < -0.3 is 9.73 Å². The van der Waals surface area contributed by atoms with Crippen LogP contribution in [-0.2, 0) is 11.2 Å². The molecule has 0 spiro atoms. The summed E-state index contributed by atoms with van der Waals surface area (Å²) in [6.07, 6.45) is 0.612. The van der Waals surface area contributed by atoms with Crippen LogP contribution in [0.4, 0.5) is 5.82 Å². The van der Waals surface area contributed by atoms with E-state index < -0.39 is 9.70 Å². The smallest absolute Gasteiger partial charge is 0.277 e. The fourth-order valence-corrected chi connectivity index (χ4v) is 2.20. The van der Waals surface area contributed by atoms with Crippen LogP contribution < -0.4 is 5.32 Å². The van der Waals surface area contributed by atoms with Crippen molar-refractivity contribution in [2.75, 3.05) is 5.32 Å². The Labute approximate surface area is 140 Å². The minimum atomic E-state index is -2.09. The summed E-state index contributed by atoms with van der Waals surface area (Å²) in [5, 5.41) is 3.29. The Hall–Kier alpha value is -1.56. The maximum absolute atomic E-state index is 11.9. The summed E-state index contributed by atoms with van der Waals surface area (Å²) < 4.78 is 3.65. The zero-order valence-corrected chi connectivity index (χ0v) is 13.6. The maximum atomic E-state index is 11.9. The molecule has 0 aliphatic carbocycles. The van der Waals surface area contributed by atoms with Crippen LogP contribution >= 0.6 is 34.8 Å².